The van der Waals surface area contributed by atoms with Crippen LogP contribution in [0.4, 0.5) is 11.5 Å². The van der Waals surface area contributed by atoms with Crippen molar-refractivity contribution >= 4 is 33.3 Å². The molecule has 0 aliphatic heterocycles. The number of anilines is 2. The number of phenolic OH excluding ortho intramolecular Hbond substituents is 1. The lowest BCUT2D eigenvalue weighted by molar-refractivity contribution is 0.102. The van der Waals surface area contributed by atoms with Crippen molar-refractivity contribution < 1.29 is 9.90 Å². The standard InChI is InChI=1S/C13H12BrN3O2/c1-7-4-12(16-6-10(7)15)17-13(19)8-2-3-9(14)11(18)5-8/h2-6,18H,15H2,1H3,(H,16,17,19). The number of nitrogen functional groups attached to an aromatic ring is 1. The number of carbonyl (C=O) groups excluding carboxylic acids is 1. The van der Waals surface area contributed by atoms with Gasteiger partial charge in [0.25, 0.3) is 5.91 Å². The van der Waals surface area contributed by atoms with Crippen LogP contribution in [0.1, 0.15) is 15.9 Å². The Balaban J connectivity index is 2.20. The van der Waals surface area contributed by atoms with Crippen LogP contribution in [0.15, 0.2) is 34.9 Å². The molecule has 2 rings (SSSR count). The van der Waals surface area contributed by atoms with Crippen LogP contribution in [-0.4, -0.2) is 16.0 Å². The van der Waals surface area contributed by atoms with Gasteiger partial charge in [0.1, 0.15) is 11.6 Å². The number of nitrogens with one attached hydrogen (secondary N) is 1. The smallest absolute Gasteiger partial charge is 0.256 e. The molecule has 0 unspecified atom stereocenters. The number of nitrogens with zero attached hydrogens (tertiary/aromatic N) is 1. The molecule has 6 heteroatoms. The molecule has 0 saturated carbocycles. The summed E-state index contributed by atoms with van der Waals surface area (Å²) in [5, 5.41) is 12.2. The molecule has 5 nitrogen and oxygen atoms in total. The van der Waals surface area contributed by atoms with Crippen LogP contribution >= 0.6 is 15.9 Å². The zero-order valence-corrected chi connectivity index (χ0v) is 11.7. The van der Waals surface area contributed by atoms with E-state index in [1.807, 2.05) is 6.92 Å². The average molecular weight is 322 g/mol. The molecule has 0 fully saturated rings. The number of hydrogen-bond donors (Lipinski definition) is 3. The minimum Gasteiger partial charge on any atom is -0.507 e. The number of nitrogens with two attached hydrogens (primary N) is 1. The van der Waals surface area contributed by atoms with Gasteiger partial charge in [-0.3, -0.25) is 4.79 Å². The molecule has 0 bridgehead atoms. The van der Waals surface area contributed by atoms with Gasteiger partial charge in [-0.1, -0.05) is 0 Å². The molecule has 1 heterocycles. The van der Waals surface area contributed by atoms with Crippen molar-refractivity contribution in [1.29, 1.82) is 0 Å². The highest BCUT2D eigenvalue weighted by molar-refractivity contribution is 9.10. The van der Waals surface area contributed by atoms with Gasteiger partial charge in [-0.25, -0.2) is 4.98 Å². The van der Waals surface area contributed by atoms with Gasteiger partial charge in [0, 0.05) is 5.56 Å². The summed E-state index contributed by atoms with van der Waals surface area (Å²) in [6.45, 7) is 1.83. The van der Waals surface area contributed by atoms with Crippen LogP contribution in [0, 0.1) is 6.92 Å². The monoisotopic (exact) mass is 321 g/mol. The van der Waals surface area contributed by atoms with E-state index in [0.29, 0.717) is 21.5 Å². The van der Waals surface area contributed by atoms with E-state index < -0.39 is 0 Å². The largest absolute Gasteiger partial charge is 0.507 e. The summed E-state index contributed by atoms with van der Waals surface area (Å²) < 4.78 is 0.533. The third-order valence-corrected chi connectivity index (χ3v) is 3.27. The van der Waals surface area contributed by atoms with E-state index in [0.717, 1.165) is 5.56 Å². The molecule has 0 radical (unpaired) electrons. The van der Waals surface area contributed by atoms with Crippen molar-refractivity contribution in [2.45, 2.75) is 6.92 Å². The van der Waals surface area contributed by atoms with Gasteiger partial charge >= 0.3 is 0 Å². The predicted molar refractivity (Wildman–Crippen MR) is 77.1 cm³/mol. The zero-order chi connectivity index (χ0) is 14.0. The van der Waals surface area contributed by atoms with E-state index in [1.54, 1.807) is 18.2 Å². The third-order valence-electron chi connectivity index (χ3n) is 2.60. The molecule has 0 aliphatic carbocycles. The summed E-state index contributed by atoms with van der Waals surface area (Å²) in [4.78, 5) is 16.0. The number of aromatic hydroxyl groups is 1. The quantitative estimate of drug-likeness (QED) is 0.793. The first-order valence-corrected chi connectivity index (χ1v) is 6.28. The molecule has 0 spiro atoms. The number of hydrogen-bond acceptors (Lipinski definition) is 4. The Hall–Kier alpha value is -2.08. The molecule has 0 atom stereocenters. The van der Waals surface area contributed by atoms with Crippen LogP contribution < -0.4 is 11.1 Å². The van der Waals surface area contributed by atoms with Crippen molar-refractivity contribution in [2.24, 2.45) is 0 Å². The predicted octanol–water partition coefficient (Wildman–Crippen LogP) is 2.69. The van der Waals surface area contributed by atoms with Crippen molar-refractivity contribution in [2.75, 3.05) is 11.1 Å². The summed E-state index contributed by atoms with van der Waals surface area (Å²) in [5.74, 6) is 0.0766. The number of phenols is 1. The molecule has 4 N–H and O–H groups in total. The van der Waals surface area contributed by atoms with Crippen LogP contribution in [0.25, 0.3) is 0 Å². The van der Waals surface area contributed by atoms with Gasteiger partial charge in [0.15, 0.2) is 0 Å². The maximum atomic E-state index is 12.0. The molecule has 98 valence electrons. The van der Waals surface area contributed by atoms with Crippen LogP contribution in [0.2, 0.25) is 0 Å². The lowest BCUT2D eigenvalue weighted by Gasteiger charge is -2.07. The summed E-state index contributed by atoms with van der Waals surface area (Å²) in [7, 11) is 0. The Morgan fingerprint density at radius 2 is 2.16 bits per heavy atom. The highest BCUT2D eigenvalue weighted by atomic mass is 79.9. The summed E-state index contributed by atoms with van der Waals surface area (Å²) in [5.41, 5.74) is 7.40. The van der Waals surface area contributed by atoms with Gasteiger partial charge in [0.2, 0.25) is 0 Å². The van der Waals surface area contributed by atoms with E-state index in [2.05, 4.69) is 26.2 Å². The number of aryl methyl sites for hydroxylation is 1. The first-order chi connectivity index (χ1) is 8.97. The van der Waals surface area contributed by atoms with Crippen LogP contribution in [-0.2, 0) is 0 Å². The minimum atomic E-state index is -0.348. The average Bonchev–Trinajstić information content (AvgIpc) is 2.37. The second-order valence-electron chi connectivity index (χ2n) is 4.05. The number of rotatable bonds is 2. The maximum absolute atomic E-state index is 12.0. The second-order valence-corrected chi connectivity index (χ2v) is 4.90. The number of carbonyl (C=O) groups is 1. The summed E-state index contributed by atoms with van der Waals surface area (Å²) in [6, 6.07) is 6.27. The third kappa shape index (κ3) is 3.03. The van der Waals surface area contributed by atoms with Gasteiger partial charge in [-0.2, -0.15) is 0 Å². The van der Waals surface area contributed by atoms with E-state index in [4.69, 9.17) is 5.73 Å². The fourth-order valence-corrected chi connectivity index (χ4v) is 1.72. The van der Waals surface area contributed by atoms with E-state index in [-0.39, 0.29) is 11.7 Å². The zero-order valence-electron chi connectivity index (χ0n) is 10.1. The number of amides is 1. The van der Waals surface area contributed by atoms with Gasteiger partial charge < -0.3 is 16.2 Å². The summed E-state index contributed by atoms with van der Waals surface area (Å²) >= 11 is 3.15. The van der Waals surface area contributed by atoms with E-state index in [1.165, 1.54) is 12.3 Å². The fourth-order valence-electron chi connectivity index (χ4n) is 1.48. The maximum Gasteiger partial charge on any atom is 0.256 e. The minimum absolute atomic E-state index is 0.00842. The fraction of sp³-hybridized carbons (Fsp3) is 0.0769. The van der Waals surface area contributed by atoms with E-state index >= 15 is 0 Å². The Labute approximate surface area is 118 Å². The van der Waals surface area contributed by atoms with E-state index in [9.17, 15) is 9.90 Å². The molecular weight excluding hydrogens is 310 g/mol. The molecule has 1 aromatic carbocycles. The lowest BCUT2D eigenvalue weighted by Crippen LogP contribution is -2.13. The number of aromatic nitrogens is 1. The van der Waals surface area contributed by atoms with Crippen LogP contribution in [0.3, 0.4) is 0 Å². The van der Waals surface area contributed by atoms with Crippen molar-refractivity contribution in [3.8, 4) is 5.75 Å². The normalized spacial score (nSPS) is 10.2. The number of pyridine rings is 1. The Morgan fingerprint density at radius 1 is 1.42 bits per heavy atom. The molecule has 1 amide bonds. The highest BCUT2D eigenvalue weighted by Gasteiger charge is 2.09. The SMILES string of the molecule is Cc1cc(NC(=O)c2ccc(Br)c(O)c2)ncc1N. The molecule has 0 saturated heterocycles. The molecular formula is C13H12BrN3O2. The Morgan fingerprint density at radius 3 is 2.79 bits per heavy atom. The van der Waals surface area contributed by atoms with Crippen molar-refractivity contribution in [3.05, 3.63) is 46.1 Å². The molecule has 1 aromatic heterocycles. The highest BCUT2D eigenvalue weighted by Crippen LogP contribution is 2.24. The second kappa shape index (κ2) is 5.27. The van der Waals surface area contributed by atoms with Gasteiger partial charge in [-0.15, -0.1) is 0 Å². The molecule has 19 heavy (non-hydrogen) atoms. The van der Waals surface area contributed by atoms with Gasteiger partial charge in [-0.05, 0) is 52.7 Å². The van der Waals surface area contributed by atoms with Gasteiger partial charge in [0.05, 0.1) is 16.4 Å². The topological polar surface area (TPSA) is 88.2 Å². The number of benzene rings is 1. The first kappa shape index (κ1) is 13.4. The van der Waals surface area contributed by atoms with Crippen molar-refractivity contribution in [3.63, 3.8) is 0 Å². The Bertz CT molecular complexity index is 644. The van der Waals surface area contributed by atoms with Crippen molar-refractivity contribution in [1.82, 2.24) is 4.98 Å². The molecule has 0 aliphatic rings. The summed E-state index contributed by atoms with van der Waals surface area (Å²) in [6.07, 6.45) is 1.49. The lowest BCUT2D eigenvalue weighted by atomic mass is 10.2. The first-order valence-electron chi connectivity index (χ1n) is 5.49. The number of halogens is 1. The van der Waals surface area contributed by atoms with Crippen LogP contribution in [0.5, 0.6) is 5.75 Å². The Kier molecular flexibility index (Phi) is 3.71. The molecule has 2 aromatic rings.